The molecule has 3 aromatic carbocycles. The van der Waals surface area contributed by atoms with E-state index in [-0.39, 0.29) is 17.1 Å². The molecular weight excluding hydrogens is 606 g/mol. The highest BCUT2D eigenvalue weighted by Gasteiger charge is 2.58. The number of carbonyl (C=O) groups is 1. The third kappa shape index (κ3) is 6.02. The average molecular weight is 636 g/mol. The van der Waals surface area contributed by atoms with Gasteiger partial charge in [-0.2, -0.15) is 0 Å². The summed E-state index contributed by atoms with van der Waals surface area (Å²) in [5.74, 6) is -5.00. The Balaban J connectivity index is 1.57. The molecule has 11 N–H and O–H groups in total. The molecule has 1 saturated heterocycles. The number of aliphatic carboxylic acids is 1. The van der Waals surface area contributed by atoms with Crippen molar-refractivity contribution >= 4 is 35.1 Å². The number of guanidine groups is 1. The summed E-state index contributed by atoms with van der Waals surface area (Å²) < 4.78 is 16.6. The first-order valence-electron chi connectivity index (χ1n) is 13.6. The van der Waals surface area contributed by atoms with Gasteiger partial charge in [-0.1, -0.05) is 42.5 Å². The molecule has 1 fully saturated rings. The monoisotopic (exact) mass is 635 g/mol. The normalized spacial score (nSPS) is 22.9. The maximum absolute atomic E-state index is 13.2. The van der Waals surface area contributed by atoms with E-state index >= 15 is 0 Å². The molecule has 0 radical (unpaired) electrons. The van der Waals surface area contributed by atoms with Gasteiger partial charge in [-0.25, -0.2) is 4.79 Å². The largest absolute Gasteiger partial charge is 0.508 e. The van der Waals surface area contributed by atoms with Crippen molar-refractivity contribution in [3.63, 3.8) is 0 Å². The molecule has 1 aliphatic rings. The third-order valence-electron chi connectivity index (χ3n) is 7.34. The van der Waals surface area contributed by atoms with E-state index in [0.717, 1.165) is 17.7 Å². The number of phenols is 3. The number of rotatable bonds is 8. The number of benzene rings is 3. The van der Waals surface area contributed by atoms with Crippen LogP contribution in [0.15, 0.2) is 74.9 Å². The Morgan fingerprint density at radius 2 is 1.70 bits per heavy atom. The van der Waals surface area contributed by atoms with E-state index in [2.05, 4.69) is 4.99 Å². The van der Waals surface area contributed by atoms with Crippen molar-refractivity contribution in [3.05, 3.63) is 82.0 Å². The fraction of sp³-hybridized carbons (Fsp3) is 0.194. The van der Waals surface area contributed by atoms with Crippen molar-refractivity contribution in [1.82, 2.24) is 0 Å². The summed E-state index contributed by atoms with van der Waals surface area (Å²) >= 11 is 0. The molecule has 240 valence electrons. The molecule has 46 heavy (non-hydrogen) atoms. The first kappa shape index (κ1) is 31.8. The minimum absolute atomic E-state index is 0.00382. The summed E-state index contributed by atoms with van der Waals surface area (Å²) in [5.41, 5.74) is 8.47. The maximum Gasteiger partial charge on any atom is 0.335 e. The van der Waals surface area contributed by atoms with Crippen LogP contribution in [0.2, 0.25) is 0 Å². The first-order valence-corrected chi connectivity index (χ1v) is 13.6. The average Bonchev–Trinajstić information content (AvgIpc) is 3.01. The minimum atomic E-state index is -2.72. The van der Waals surface area contributed by atoms with E-state index in [1.54, 1.807) is 12.2 Å². The predicted octanol–water partition coefficient (Wildman–Crippen LogP) is 0.662. The van der Waals surface area contributed by atoms with E-state index < -0.39 is 76.7 Å². The van der Waals surface area contributed by atoms with Crippen LogP contribution in [0.1, 0.15) is 11.1 Å². The zero-order valence-electron chi connectivity index (χ0n) is 23.7. The Labute approximate surface area is 259 Å². The van der Waals surface area contributed by atoms with Crippen LogP contribution >= 0.6 is 0 Å². The molecule has 0 saturated carbocycles. The molecule has 0 amide bonds. The van der Waals surface area contributed by atoms with E-state index in [1.807, 2.05) is 30.3 Å². The summed E-state index contributed by atoms with van der Waals surface area (Å²) in [6, 6.07) is 15.6. The van der Waals surface area contributed by atoms with Crippen LogP contribution in [0.4, 0.5) is 0 Å². The zero-order valence-corrected chi connectivity index (χ0v) is 23.7. The van der Waals surface area contributed by atoms with Gasteiger partial charge in [0, 0.05) is 17.7 Å². The molecule has 1 aromatic heterocycles. The number of nitrogens with zero attached hydrogens (tertiary/aromatic N) is 1. The number of phenolic OH excluding ortho intramolecular Hbond substituents is 3. The Bertz CT molecular complexity index is 1900. The highest BCUT2D eigenvalue weighted by molar-refractivity contribution is 5.90. The molecule has 0 spiro atoms. The lowest BCUT2D eigenvalue weighted by Gasteiger charge is -2.45. The summed E-state index contributed by atoms with van der Waals surface area (Å²) in [6.45, 7) is -0.870. The molecule has 5 rings (SSSR count). The topological polar surface area (TPSA) is 272 Å². The lowest BCUT2D eigenvalue weighted by Crippen LogP contribution is -2.70. The fourth-order valence-corrected chi connectivity index (χ4v) is 4.94. The van der Waals surface area contributed by atoms with E-state index in [4.69, 9.17) is 25.4 Å². The van der Waals surface area contributed by atoms with Gasteiger partial charge in [-0.3, -0.25) is 9.79 Å². The van der Waals surface area contributed by atoms with Gasteiger partial charge in [-0.05, 0) is 29.3 Å². The summed E-state index contributed by atoms with van der Waals surface area (Å²) in [6.07, 6.45) is -5.24. The Hall–Kier alpha value is -5.61. The molecule has 15 nitrogen and oxygen atoms in total. The van der Waals surface area contributed by atoms with E-state index in [0.29, 0.717) is 11.1 Å². The number of ether oxygens (including phenoxy) is 2. The number of aliphatic imine (C=N–C) groups is 1. The summed E-state index contributed by atoms with van der Waals surface area (Å²) in [5, 5.41) is 73.1. The second-order valence-electron chi connectivity index (χ2n) is 10.4. The van der Waals surface area contributed by atoms with Crippen LogP contribution in [-0.4, -0.2) is 84.4 Å². The Kier molecular flexibility index (Phi) is 8.58. The van der Waals surface area contributed by atoms with Crippen molar-refractivity contribution in [3.8, 4) is 34.3 Å². The third-order valence-corrected chi connectivity index (χ3v) is 7.34. The molecule has 4 aromatic rings. The van der Waals surface area contributed by atoms with Gasteiger partial charge >= 0.3 is 5.97 Å². The molecule has 1 aliphatic heterocycles. The summed E-state index contributed by atoms with van der Waals surface area (Å²) in [7, 11) is 0. The fourth-order valence-electron chi connectivity index (χ4n) is 4.94. The quantitative estimate of drug-likeness (QED) is 0.0557. The van der Waals surface area contributed by atoms with Gasteiger partial charge < -0.3 is 61.1 Å². The lowest BCUT2D eigenvalue weighted by molar-refractivity contribution is -0.303. The van der Waals surface area contributed by atoms with E-state index in [9.17, 15) is 45.3 Å². The summed E-state index contributed by atoms with van der Waals surface area (Å²) in [4.78, 5) is 28.5. The highest BCUT2D eigenvalue weighted by Crippen LogP contribution is 2.43. The molecule has 5 atom stereocenters. The molecule has 0 bridgehead atoms. The second kappa shape index (κ2) is 12.4. The molecule has 0 aliphatic carbocycles. The van der Waals surface area contributed by atoms with Crippen molar-refractivity contribution < 1.29 is 54.4 Å². The standard InChI is InChI=1S/C31H29N3O12/c32-30(33)34-13-31(43)26(39)25(28(41)42)46-29(27(31)40)45-21-12-20-22(24(38)23(21)37)18(36)11-19(44-20)17-9-8-16(35)10-15(17)7-6-14-4-2-1-3-5-14/h1-12,25-27,29,35,37-40,43H,13H2,(H,41,42)(H4,32,33,34)/b7-6+/t25-,26+,27-,29+,31-/m0/s1. The van der Waals surface area contributed by atoms with Crippen molar-refractivity contribution in [2.24, 2.45) is 16.5 Å². The smallest absolute Gasteiger partial charge is 0.335 e. The van der Waals surface area contributed by atoms with E-state index in [1.165, 1.54) is 18.2 Å². The lowest BCUT2D eigenvalue weighted by atomic mass is 9.84. The number of fused-ring (bicyclic) bond motifs is 1. The number of aromatic hydroxyl groups is 3. The molecule has 15 heteroatoms. The van der Waals surface area contributed by atoms with Crippen molar-refractivity contribution in [2.45, 2.75) is 30.2 Å². The minimum Gasteiger partial charge on any atom is -0.508 e. The number of hydrogen-bond donors (Lipinski definition) is 9. The van der Waals surface area contributed by atoms with Crippen molar-refractivity contribution in [2.75, 3.05) is 6.54 Å². The molecular formula is C31H29N3O12. The number of hydrogen-bond acceptors (Lipinski definition) is 12. The van der Waals surface area contributed by atoms with Gasteiger partial charge in [0.15, 0.2) is 29.0 Å². The highest BCUT2D eigenvalue weighted by atomic mass is 16.7. The first-order chi connectivity index (χ1) is 21.8. The molecule has 2 heterocycles. The Morgan fingerprint density at radius 3 is 2.37 bits per heavy atom. The SMILES string of the molecule is NC(N)=NC[C@]1(O)[C@H](O)[C@@H](C(=O)O)O[C@@H](Oc2cc3oc(-c4ccc(O)cc4/C=C/c4ccccc4)cc(=O)c3c(O)c2O)[C@@H]1O. The van der Waals surface area contributed by atoms with Crippen LogP contribution in [0.3, 0.4) is 0 Å². The van der Waals surface area contributed by atoms with Crippen LogP contribution < -0.4 is 21.6 Å². The van der Waals surface area contributed by atoms with Gasteiger partial charge in [0.1, 0.15) is 40.3 Å². The van der Waals surface area contributed by atoms with Gasteiger partial charge in [0.05, 0.1) is 6.54 Å². The van der Waals surface area contributed by atoms with Crippen LogP contribution in [0.25, 0.3) is 34.4 Å². The van der Waals surface area contributed by atoms with Crippen molar-refractivity contribution in [1.29, 1.82) is 0 Å². The Morgan fingerprint density at radius 1 is 0.978 bits per heavy atom. The number of nitrogens with two attached hydrogens (primary N) is 2. The van der Waals surface area contributed by atoms with Gasteiger partial charge in [0.2, 0.25) is 12.0 Å². The maximum atomic E-state index is 13.2. The molecule has 0 unspecified atom stereocenters. The van der Waals surface area contributed by atoms with Crippen LogP contribution in [-0.2, 0) is 9.53 Å². The number of aliphatic hydroxyl groups excluding tert-OH is 2. The number of carboxylic acids is 1. The second-order valence-corrected chi connectivity index (χ2v) is 10.4. The van der Waals surface area contributed by atoms with Crippen LogP contribution in [0.5, 0.6) is 23.0 Å². The predicted molar refractivity (Wildman–Crippen MR) is 163 cm³/mol. The number of carboxylic acid groups (broad SMARTS) is 1. The van der Waals surface area contributed by atoms with Crippen LogP contribution in [0, 0.1) is 0 Å². The number of aliphatic hydroxyl groups is 3. The zero-order chi connectivity index (χ0) is 33.3. The van der Waals surface area contributed by atoms with Gasteiger partial charge in [-0.15, -0.1) is 0 Å². The van der Waals surface area contributed by atoms with Gasteiger partial charge in [0.25, 0.3) is 0 Å².